The third kappa shape index (κ3) is 18.4. The maximum absolute atomic E-state index is 11.9. The van der Waals surface area contributed by atoms with E-state index in [4.69, 9.17) is 28.1 Å². The van der Waals surface area contributed by atoms with Crippen LogP contribution in [0.3, 0.4) is 0 Å². The molecule has 2 unspecified atom stereocenters. The van der Waals surface area contributed by atoms with Gasteiger partial charge in [0, 0.05) is 13.2 Å². The van der Waals surface area contributed by atoms with Crippen LogP contribution >= 0.6 is 14.5 Å². The standard InChI is InChI=1S/C24H30O14S2.2C19H19P/c25-19(15-37-23(27)17-3-7-21(8-4-17)39(29,30)31)13-35-11-1-2-12-36-14-20(26)16-38-24(28)18-5-9-22(10-6-18)40(32,33)34;2*1-20(17-11-5-2-6-12-17,18-13-7-3-8-14-18)19-15-9-4-10-16-19/h3-10,19-20,25-26H,1-2,11-16H2,(H,29,30,31)(H,32,33,34);2*2-16,20H,1H3. The molecule has 2 atom stereocenters. The maximum atomic E-state index is 11.9. The molecular weight excluding hydrogens is 1090 g/mol. The average molecular weight is 1160 g/mol. The van der Waals surface area contributed by atoms with Crippen molar-refractivity contribution < 1.29 is 64.7 Å². The van der Waals surface area contributed by atoms with Crippen LogP contribution in [-0.2, 0) is 39.2 Å². The SMILES string of the molecule is C[PH](c1ccccc1)(c1ccccc1)c1ccccc1.C[PH](c1ccccc1)(c1ccccc1)c1ccccc1.O=C(OCC(O)COCCCCOCC(O)COC(=O)c1ccc(S(=O)(=O)O)cc1)c1ccc(S(=O)(=O)O)cc1. The zero-order chi connectivity index (χ0) is 57.4. The van der Waals surface area contributed by atoms with Crippen molar-refractivity contribution in [3.8, 4) is 0 Å². The fourth-order valence-corrected chi connectivity index (χ4v) is 16.7. The average Bonchev–Trinajstić information content (AvgIpc) is 3.50. The van der Waals surface area contributed by atoms with Gasteiger partial charge in [-0.05, 0) is 61.4 Å². The molecule has 0 fully saturated rings. The van der Waals surface area contributed by atoms with Crippen molar-refractivity contribution in [3.63, 3.8) is 0 Å². The van der Waals surface area contributed by atoms with E-state index < -0.39 is 58.9 Å². The first-order chi connectivity index (χ1) is 38.4. The molecule has 8 aromatic rings. The third-order valence-corrected chi connectivity index (χ3v) is 23.8. The van der Waals surface area contributed by atoms with Gasteiger partial charge in [-0.3, -0.25) is 9.11 Å². The summed E-state index contributed by atoms with van der Waals surface area (Å²) in [4.78, 5) is 23.2. The number of esters is 2. The number of rotatable bonds is 23. The number of carbonyl (C=O) groups excluding carboxylic acids is 2. The van der Waals surface area contributed by atoms with Crippen LogP contribution in [0.1, 0.15) is 33.6 Å². The molecule has 0 heterocycles. The topological polar surface area (TPSA) is 220 Å². The molecule has 0 aliphatic carbocycles. The summed E-state index contributed by atoms with van der Waals surface area (Å²) in [5, 5.41) is 28.5. The van der Waals surface area contributed by atoms with Gasteiger partial charge in [0.05, 0.1) is 34.1 Å². The fraction of sp³-hybridized carbons (Fsp3) is 0.194. The van der Waals surface area contributed by atoms with Gasteiger partial charge in [-0.15, -0.1) is 0 Å². The van der Waals surface area contributed by atoms with Crippen LogP contribution in [0.5, 0.6) is 0 Å². The molecule has 422 valence electrons. The van der Waals surface area contributed by atoms with Gasteiger partial charge in [0.1, 0.15) is 25.4 Å². The number of hydrogen-bond donors (Lipinski definition) is 4. The van der Waals surface area contributed by atoms with Gasteiger partial charge in [-0.25, -0.2) is 9.59 Å². The van der Waals surface area contributed by atoms with Gasteiger partial charge in [-0.2, -0.15) is 16.8 Å². The molecular formula is C62H68O14P2S2. The van der Waals surface area contributed by atoms with E-state index in [1.807, 2.05) is 0 Å². The van der Waals surface area contributed by atoms with Crippen LogP contribution in [0.25, 0.3) is 0 Å². The largest absolute Gasteiger partial charge is 0.459 e. The number of ether oxygens (including phenoxy) is 4. The zero-order valence-corrected chi connectivity index (χ0v) is 48.1. The number of unbranched alkanes of at least 4 members (excludes halogenated alkanes) is 1. The molecule has 0 saturated heterocycles. The molecule has 4 N–H and O–H groups in total. The summed E-state index contributed by atoms with van der Waals surface area (Å²) in [5.74, 6) is -1.58. The molecule has 0 aromatic heterocycles. The summed E-state index contributed by atoms with van der Waals surface area (Å²) in [6.45, 7) is 4.54. The number of hydrogen-bond acceptors (Lipinski definition) is 12. The number of aliphatic hydroxyl groups excluding tert-OH is 2. The monoisotopic (exact) mass is 1160 g/mol. The number of aliphatic hydroxyl groups is 2. The smallest absolute Gasteiger partial charge is 0.338 e. The summed E-state index contributed by atoms with van der Waals surface area (Å²) < 4.78 is 82.4. The predicted molar refractivity (Wildman–Crippen MR) is 321 cm³/mol. The van der Waals surface area contributed by atoms with E-state index in [1.54, 1.807) is 0 Å². The molecule has 0 radical (unpaired) electrons. The van der Waals surface area contributed by atoms with Crippen molar-refractivity contribution in [1.82, 2.24) is 0 Å². The Morgan fingerprint density at radius 3 is 0.812 bits per heavy atom. The van der Waals surface area contributed by atoms with Crippen molar-refractivity contribution in [3.05, 3.63) is 242 Å². The minimum absolute atomic E-state index is 0.0388. The molecule has 8 rings (SSSR count). The Balaban J connectivity index is 0.000000214. The molecule has 0 spiro atoms. The van der Waals surface area contributed by atoms with Gasteiger partial charge >= 0.3 is 254 Å². The van der Waals surface area contributed by atoms with Crippen LogP contribution in [0, 0.1) is 0 Å². The number of benzene rings is 8. The van der Waals surface area contributed by atoms with E-state index in [-0.39, 0.29) is 60.6 Å². The first-order valence-electron chi connectivity index (χ1n) is 25.7. The summed E-state index contributed by atoms with van der Waals surface area (Å²) in [5.41, 5.74) is 0.0775. The Bertz CT molecular complexity index is 2930. The normalized spacial score (nSPS) is 12.7. The summed E-state index contributed by atoms with van der Waals surface area (Å²) in [7, 11) is -12.5. The van der Waals surface area contributed by atoms with Crippen LogP contribution < -0.4 is 31.8 Å². The minimum atomic E-state index is -4.38. The van der Waals surface area contributed by atoms with Gasteiger partial charge in [0.2, 0.25) is 0 Å². The van der Waals surface area contributed by atoms with Crippen LogP contribution in [0.15, 0.2) is 240 Å². The molecule has 0 bridgehead atoms. The van der Waals surface area contributed by atoms with Crippen molar-refractivity contribution in [2.45, 2.75) is 34.8 Å². The Morgan fingerprint density at radius 1 is 0.375 bits per heavy atom. The molecule has 80 heavy (non-hydrogen) atoms. The quantitative estimate of drug-likeness (QED) is 0.0212. The van der Waals surface area contributed by atoms with E-state index in [0.717, 1.165) is 24.3 Å². The van der Waals surface area contributed by atoms with Crippen LogP contribution in [0.2, 0.25) is 0 Å². The molecule has 0 aliphatic rings. The van der Waals surface area contributed by atoms with Crippen molar-refractivity contribution in [2.24, 2.45) is 0 Å². The molecule has 18 heteroatoms. The van der Waals surface area contributed by atoms with E-state index in [9.17, 15) is 36.6 Å². The van der Waals surface area contributed by atoms with Gasteiger partial charge in [-0.1, -0.05) is 0 Å². The second-order valence-corrected chi connectivity index (χ2v) is 29.6. The third-order valence-electron chi connectivity index (χ3n) is 13.1. The van der Waals surface area contributed by atoms with Crippen molar-refractivity contribution in [2.75, 3.05) is 53.0 Å². The summed E-state index contributed by atoms with van der Waals surface area (Å²) in [6, 6.07) is 74.4. The molecule has 0 amide bonds. The molecule has 8 aromatic carbocycles. The molecule has 0 saturated carbocycles. The predicted octanol–water partition coefficient (Wildman–Crippen LogP) is 7.41. The van der Waals surface area contributed by atoms with E-state index in [2.05, 4.69) is 195 Å². The van der Waals surface area contributed by atoms with Gasteiger partial charge in [0.15, 0.2) is 0 Å². The summed E-state index contributed by atoms with van der Waals surface area (Å²) >= 11 is 0. The van der Waals surface area contributed by atoms with Crippen molar-refractivity contribution in [1.29, 1.82) is 0 Å². The van der Waals surface area contributed by atoms with Crippen LogP contribution in [-0.4, -0.2) is 113 Å². The second-order valence-electron chi connectivity index (χ2n) is 18.8. The first-order valence-corrected chi connectivity index (χ1v) is 33.6. The number of carbonyl (C=O) groups is 2. The fourth-order valence-electron chi connectivity index (χ4n) is 8.61. The minimum Gasteiger partial charge on any atom is -0.459 e. The van der Waals surface area contributed by atoms with Crippen LogP contribution in [0.4, 0.5) is 0 Å². The molecule has 14 nitrogen and oxygen atoms in total. The molecule has 0 aliphatic heterocycles. The Morgan fingerprint density at radius 2 is 0.600 bits per heavy atom. The first kappa shape index (κ1) is 62.4. The van der Waals surface area contributed by atoms with E-state index in [0.29, 0.717) is 12.8 Å². The van der Waals surface area contributed by atoms with Gasteiger partial charge < -0.3 is 29.2 Å². The Hall–Kier alpha value is -6.78. The second kappa shape index (κ2) is 30.7. The van der Waals surface area contributed by atoms with Gasteiger partial charge in [0.25, 0.3) is 20.2 Å². The Labute approximate surface area is 470 Å². The Kier molecular flexibility index (Phi) is 24.0. The van der Waals surface area contributed by atoms with Crippen molar-refractivity contribution >= 4 is 78.5 Å². The zero-order valence-electron chi connectivity index (χ0n) is 44.4. The van der Waals surface area contributed by atoms with E-state index in [1.165, 1.54) is 56.1 Å². The maximum Gasteiger partial charge on any atom is 0.338 e. The summed E-state index contributed by atoms with van der Waals surface area (Å²) in [6.07, 6.45) is -1.04. The van der Waals surface area contributed by atoms with E-state index >= 15 is 0 Å².